The molecule has 23 heavy (non-hydrogen) atoms. The highest BCUT2D eigenvalue weighted by Crippen LogP contribution is 2.24. The number of carbonyl (C=O) groups is 2. The van der Waals surface area contributed by atoms with Gasteiger partial charge in [0, 0.05) is 19.4 Å². The maximum absolute atomic E-state index is 13.3. The average molecular weight is 325 g/mol. The smallest absolute Gasteiger partial charge is 0.303 e. The summed E-state index contributed by atoms with van der Waals surface area (Å²) in [6.07, 6.45) is -0.0486. The number of aliphatic hydroxyl groups excluding tert-OH is 1. The van der Waals surface area contributed by atoms with Crippen LogP contribution in [-0.4, -0.2) is 58.9 Å². The maximum Gasteiger partial charge on any atom is 0.303 e. The van der Waals surface area contributed by atoms with E-state index in [1.54, 1.807) is 12.1 Å². The van der Waals surface area contributed by atoms with Crippen LogP contribution in [0.2, 0.25) is 0 Å². The Kier molecular flexibility index (Phi) is 5.68. The number of aliphatic carboxylic acids is 1. The molecule has 2 rings (SSSR count). The van der Waals surface area contributed by atoms with Crippen molar-refractivity contribution in [2.24, 2.45) is 0 Å². The molecule has 1 aromatic rings. The Labute approximate surface area is 133 Å². The molecule has 0 aliphatic carbocycles. The van der Waals surface area contributed by atoms with E-state index in [9.17, 15) is 19.1 Å². The summed E-state index contributed by atoms with van der Waals surface area (Å²) >= 11 is 0. The van der Waals surface area contributed by atoms with Crippen molar-refractivity contribution in [1.29, 1.82) is 0 Å². The van der Waals surface area contributed by atoms with Gasteiger partial charge in [-0.3, -0.25) is 9.59 Å². The molecule has 0 spiro atoms. The molecule has 1 aromatic carbocycles. The Balaban J connectivity index is 2.06. The predicted molar refractivity (Wildman–Crippen MR) is 79.3 cm³/mol. The lowest BCUT2D eigenvalue weighted by Gasteiger charge is -2.42. The molecule has 0 unspecified atom stereocenters. The second-order valence-corrected chi connectivity index (χ2v) is 5.71. The van der Waals surface area contributed by atoms with Crippen LogP contribution in [0.3, 0.4) is 0 Å². The number of carboxylic acid groups (broad SMARTS) is 1. The van der Waals surface area contributed by atoms with Gasteiger partial charge in [0.25, 0.3) is 0 Å². The van der Waals surface area contributed by atoms with Crippen LogP contribution < -0.4 is 0 Å². The summed E-state index contributed by atoms with van der Waals surface area (Å²) in [7, 11) is 0. The molecule has 0 saturated carbocycles. The van der Waals surface area contributed by atoms with Crippen LogP contribution >= 0.6 is 0 Å². The molecular formula is C16H20FNO5. The monoisotopic (exact) mass is 325 g/mol. The topological polar surface area (TPSA) is 87.1 Å². The number of rotatable bonds is 6. The molecular weight excluding hydrogens is 305 g/mol. The number of halogens is 1. The number of morpholine rings is 1. The third-order valence-electron chi connectivity index (χ3n) is 3.86. The van der Waals surface area contributed by atoms with Gasteiger partial charge in [-0.1, -0.05) is 12.1 Å². The lowest BCUT2D eigenvalue weighted by molar-refractivity contribution is -0.159. The quantitative estimate of drug-likeness (QED) is 0.809. The van der Waals surface area contributed by atoms with Crippen LogP contribution in [0.25, 0.3) is 0 Å². The molecule has 1 heterocycles. The third kappa shape index (κ3) is 4.74. The minimum Gasteiger partial charge on any atom is -0.481 e. The van der Waals surface area contributed by atoms with E-state index < -0.39 is 11.6 Å². The zero-order chi connectivity index (χ0) is 16.9. The van der Waals surface area contributed by atoms with Gasteiger partial charge < -0.3 is 19.8 Å². The summed E-state index contributed by atoms with van der Waals surface area (Å²) in [5.74, 6) is -1.69. The van der Waals surface area contributed by atoms with Crippen LogP contribution in [0, 0.1) is 5.82 Å². The summed E-state index contributed by atoms with van der Waals surface area (Å²) in [5, 5.41) is 18.4. The lowest BCUT2D eigenvalue weighted by atomic mass is 9.93. The fraction of sp³-hybridized carbons (Fsp3) is 0.500. The lowest BCUT2D eigenvalue weighted by Crippen LogP contribution is -2.56. The van der Waals surface area contributed by atoms with Crippen molar-refractivity contribution in [3.63, 3.8) is 0 Å². The first kappa shape index (κ1) is 17.4. The van der Waals surface area contributed by atoms with E-state index in [2.05, 4.69) is 0 Å². The first-order valence-corrected chi connectivity index (χ1v) is 7.43. The molecule has 1 fully saturated rings. The Morgan fingerprint density at radius 1 is 1.35 bits per heavy atom. The van der Waals surface area contributed by atoms with Crippen molar-refractivity contribution in [3.8, 4) is 0 Å². The van der Waals surface area contributed by atoms with Gasteiger partial charge >= 0.3 is 5.97 Å². The van der Waals surface area contributed by atoms with Gasteiger partial charge in [0.05, 0.1) is 26.2 Å². The Bertz CT molecular complexity index is 579. The summed E-state index contributed by atoms with van der Waals surface area (Å²) < 4.78 is 19.0. The molecule has 0 bridgehead atoms. The highest BCUT2D eigenvalue weighted by molar-refractivity contribution is 5.80. The molecule has 1 aliphatic rings. The molecule has 1 amide bonds. The van der Waals surface area contributed by atoms with Gasteiger partial charge in [-0.25, -0.2) is 4.39 Å². The second kappa shape index (κ2) is 7.52. The molecule has 126 valence electrons. The van der Waals surface area contributed by atoms with E-state index in [-0.39, 0.29) is 50.7 Å². The Hall–Kier alpha value is -1.99. The van der Waals surface area contributed by atoms with Crippen molar-refractivity contribution >= 4 is 11.9 Å². The van der Waals surface area contributed by atoms with E-state index >= 15 is 0 Å². The fourth-order valence-corrected chi connectivity index (χ4v) is 2.71. The van der Waals surface area contributed by atoms with E-state index in [4.69, 9.17) is 9.84 Å². The van der Waals surface area contributed by atoms with Crippen molar-refractivity contribution < 1.29 is 28.9 Å². The molecule has 7 heteroatoms. The molecule has 1 aliphatic heterocycles. The molecule has 1 saturated heterocycles. The summed E-state index contributed by atoms with van der Waals surface area (Å²) in [6.45, 7) is 0.433. The van der Waals surface area contributed by atoms with Gasteiger partial charge in [0.2, 0.25) is 5.91 Å². The summed E-state index contributed by atoms with van der Waals surface area (Å²) in [4.78, 5) is 24.2. The van der Waals surface area contributed by atoms with Crippen molar-refractivity contribution in [2.45, 2.75) is 24.9 Å². The van der Waals surface area contributed by atoms with Crippen LogP contribution in [0.1, 0.15) is 18.4 Å². The van der Waals surface area contributed by atoms with Crippen molar-refractivity contribution in [2.75, 3.05) is 26.3 Å². The van der Waals surface area contributed by atoms with Gasteiger partial charge in [0.1, 0.15) is 11.4 Å². The number of ether oxygens (including phenoxy) is 1. The summed E-state index contributed by atoms with van der Waals surface area (Å²) in [6, 6.07) is 6.01. The molecule has 0 aromatic heterocycles. The van der Waals surface area contributed by atoms with E-state index in [0.29, 0.717) is 12.1 Å². The molecule has 6 nitrogen and oxygen atoms in total. The zero-order valence-corrected chi connectivity index (χ0v) is 12.7. The predicted octanol–water partition coefficient (Wildman–Crippen LogP) is 0.823. The number of hydrogen-bond donors (Lipinski definition) is 2. The fourth-order valence-electron chi connectivity index (χ4n) is 2.71. The van der Waals surface area contributed by atoms with E-state index in [1.165, 1.54) is 17.0 Å². The number of aliphatic hydroxyl groups is 1. The van der Waals surface area contributed by atoms with Gasteiger partial charge in [0.15, 0.2) is 0 Å². The van der Waals surface area contributed by atoms with E-state index in [0.717, 1.165) is 0 Å². The number of carboxylic acids is 1. The van der Waals surface area contributed by atoms with Crippen LogP contribution in [0.5, 0.6) is 0 Å². The van der Waals surface area contributed by atoms with Crippen molar-refractivity contribution in [3.05, 3.63) is 35.6 Å². The number of carbonyl (C=O) groups excluding carboxylic acids is 1. The molecule has 0 radical (unpaired) electrons. The zero-order valence-electron chi connectivity index (χ0n) is 12.7. The SMILES string of the molecule is O=C(O)CCC(=O)N1CCO[C@](CO)(Cc2cccc(F)c2)C1. The minimum absolute atomic E-state index is 0.0865. The first-order valence-electron chi connectivity index (χ1n) is 7.43. The number of benzene rings is 1. The number of hydrogen-bond acceptors (Lipinski definition) is 4. The Morgan fingerprint density at radius 2 is 2.13 bits per heavy atom. The van der Waals surface area contributed by atoms with Gasteiger partial charge in [-0.15, -0.1) is 0 Å². The number of amides is 1. The average Bonchev–Trinajstić information content (AvgIpc) is 2.52. The highest BCUT2D eigenvalue weighted by Gasteiger charge is 2.38. The second-order valence-electron chi connectivity index (χ2n) is 5.71. The third-order valence-corrected chi connectivity index (χ3v) is 3.86. The van der Waals surface area contributed by atoms with Crippen molar-refractivity contribution in [1.82, 2.24) is 4.90 Å². The maximum atomic E-state index is 13.3. The normalized spacial score (nSPS) is 21.2. The standard InChI is InChI=1S/C16H20FNO5/c17-13-3-1-2-12(8-13)9-16(11-19)10-18(6-7-23-16)14(20)4-5-15(21)22/h1-3,8,19H,4-7,9-11H2,(H,21,22)/t16-/m1/s1. The van der Waals surface area contributed by atoms with E-state index in [1.807, 2.05) is 0 Å². The largest absolute Gasteiger partial charge is 0.481 e. The minimum atomic E-state index is -1.03. The van der Waals surface area contributed by atoms with Gasteiger partial charge in [-0.2, -0.15) is 0 Å². The van der Waals surface area contributed by atoms with Gasteiger partial charge in [-0.05, 0) is 17.7 Å². The number of nitrogens with zero attached hydrogens (tertiary/aromatic N) is 1. The first-order chi connectivity index (χ1) is 10.9. The molecule has 2 N–H and O–H groups in total. The molecule has 1 atom stereocenters. The van der Waals surface area contributed by atoms with Crippen LogP contribution in [0.4, 0.5) is 4.39 Å². The van der Waals surface area contributed by atoms with Crippen LogP contribution in [0.15, 0.2) is 24.3 Å². The van der Waals surface area contributed by atoms with Crippen LogP contribution in [-0.2, 0) is 20.7 Å². The highest BCUT2D eigenvalue weighted by atomic mass is 19.1. The summed E-state index contributed by atoms with van der Waals surface area (Å²) in [5.41, 5.74) is -0.329. The Morgan fingerprint density at radius 3 is 2.78 bits per heavy atom.